The molecule has 4 rings (SSSR count). The van der Waals surface area contributed by atoms with E-state index < -0.39 is 17.8 Å². The number of carbonyl (C=O) groups excluding carboxylic acids is 3. The van der Waals surface area contributed by atoms with Crippen LogP contribution in [0.5, 0.6) is 5.75 Å². The molecule has 1 saturated heterocycles. The van der Waals surface area contributed by atoms with Gasteiger partial charge in [0.05, 0.1) is 12.3 Å². The number of hydrogen-bond donors (Lipinski definition) is 1. The van der Waals surface area contributed by atoms with Gasteiger partial charge in [-0.3, -0.25) is 14.9 Å². The lowest BCUT2D eigenvalue weighted by Crippen LogP contribution is -2.54. The summed E-state index contributed by atoms with van der Waals surface area (Å²) in [5, 5.41) is 2.30. The predicted molar refractivity (Wildman–Crippen MR) is 131 cm³/mol. The Morgan fingerprint density at radius 3 is 2.35 bits per heavy atom. The van der Waals surface area contributed by atoms with E-state index in [1.54, 1.807) is 18.2 Å². The highest BCUT2D eigenvalue weighted by molar-refractivity contribution is 6.39. The zero-order valence-corrected chi connectivity index (χ0v) is 19.9. The van der Waals surface area contributed by atoms with E-state index in [2.05, 4.69) is 5.32 Å². The monoisotopic (exact) mass is 457 g/mol. The van der Waals surface area contributed by atoms with Crippen molar-refractivity contribution in [3.05, 3.63) is 82.2 Å². The van der Waals surface area contributed by atoms with Crippen LogP contribution < -0.4 is 15.0 Å². The van der Waals surface area contributed by atoms with Crippen molar-refractivity contribution in [2.75, 3.05) is 11.5 Å². The first kappa shape index (κ1) is 23.0. The number of carbonyl (C=O) groups is 3. The van der Waals surface area contributed by atoms with Gasteiger partial charge in [0.2, 0.25) is 0 Å². The third kappa shape index (κ3) is 4.01. The summed E-state index contributed by atoms with van der Waals surface area (Å²) in [5.41, 5.74) is 5.58. The number of aromatic nitrogens is 1. The lowest BCUT2D eigenvalue weighted by Gasteiger charge is -2.28. The molecule has 0 bridgehead atoms. The van der Waals surface area contributed by atoms with Crippen LogP contribution in [0.25, 0.3) is 11.8 Å². The zero-order chi connectivity index (χ0) is 24.6. The molecule has 1 N–H and O–H groups in total. The van der Waals surface area contributed by atoms with Crippen molar-refractivity contribution in [3.8, 4) is 11.4 Å². The van der Waals surface area contributed by atoms with Crippen molar-refractivity contribution in [1.82, 2.24) is 9.88 Å². The molecule has 1 aliphatic rings. The van der Waals surface area contributed by atoms with Gasteiger partial charge in [-0.25, -0.2) is 9.69 Å². The fraction of sp³-hybridized carbons (Fsp3) is 0.222. The molecule has 2 heterocycles. The third-order valence-electron chi connectivity index (χ3n) is 6.09. The Hall–Kier alpha value is -4.13. The van der Waals surface area contributed by atoms with Crippen LogP contribution in [0.4, 0.5) is 10.5 Å². The largest absolute Gasteiger partial charge is 0.494 e. The predicted octanol–water partition coefficient (Wildman–Crippen LogP) is 4.78. The number of imide groups is 2. The van der Waals surface area contributed by atoms with Gasteiger partial charge in [-0.15, -0.1) is 0 Å². The number of aryl methyl sites for hydroxylation is 2. The highest BCUT2D eigenvalue weighted by atomic mass is 16.5. The van der Waals surface area contributed by atoms with E-state index in [1.807, 2.05) is 75.6 Å². The van der Waals surface area contributed by atoms with Crippen molar-refractivity contribution in [2.45, 2.75) is 34.6 Å². The van der Waals surface area contributed by atoms with Crippen LogP contribution in [-0.4, -0.2) is 29.0 Å². The standard InChI is InChI=1S/C27H27N3O4/c1-6-34-22-12-10-21(11-13-22)29-17(3)14-20(19(29)5)15-23-25(31)28-27(33)30(26(23)32)24-9-7-8-16(2)18(24)4/h7-15H,6H2,1-5H3,(H,28,31,33)/b23-15+. The molecule has 0 radical (unpaired) electrons. The van der Waals surface area contributed by atoms with Crippen LogP contribution in [0.2, 0.25) is 0 Å². The molecule has 0 atom stereocenters. The summed E-state index contributed by atoms with van der Waals surface area (Å²) in [6.45, 7) is 10.2. The van der Waals surface area contributed by atoms with Crippen LogP contribution in [0, 0.1) is 27.7 Å². The molecule has 4 amide bonds. The number of benzene rings is 2. The molecular formula is C27H27N3O4. The van der Waals surface area contributed by atoms with Crippen molar-refractivity contribution in [2.24, 2.45) is 0 Å². The quantitative estimate of drug-likeness (QED) is 0.442. The summed E-state index contributed by atoms with van der Waals surface area (Å²) < 4.78 is 7.57. The molecule has 1 aliphatic heterocycles. The summed E-state index contributed by atoms with van der Waals surface area (Å²) >= 11 is 0. The molecule has 174 valence electrons. The minimum absolute atomic E-state index is 0.0903. The molecule has 34 heavy (non-hydrogen) atoms. The van der Waals surface area contributed by atoms with Crippen molar-refractivity contribution in [3.63, 3.8) is 0 Å². The van der Waals surface area contributed by atoms with Gasteiger partial charge in [0.25, 0.3) is 11.8 Å². The average Bonchev–Trinajstić information content (AvgIpc) is 3.07. The summed E-state index contributed by atoms with van der Waals surface area (Å²) in [5.74, 6) is -0.563. The first-order valence-corrected chi connectivity index (χ1v) is 11.1. The SMILES string of the molecule is CCOc1ccc(-n2c(C)cc(/C=C3\C(=O)NC(=O)N(c4cccc(C)c4C)C3=O)c2C)cc1. The summed E-state index contributed by atoms with van der Waals surface area (Å²) in [4.78, 5) is 39.6. The van der Waals surface area contributed by atoms with E-state index in [0.717, 1.165) is 44.4 Å². The molecule has 1 aromatic heterocycles. The minimum Gasteiger partial charge on any atom is -0.494 e. The Balaban J connectivity index is 1.74. The number of urea groups is 1. The average molecular weight is 458 g/mol. The topological polar surface area (TPSA) is 80.6 Å². The maximum Gasteiger partial charge on any atom is 0.335 e. The first-order valence-electron chi connectivity index (χ1n) is 11.1. The highest BCUT2D eigenvalue weighted by Gasteiger charge is 2.37. The number of barbiturate groups is 1. The number of rotatable bonds is 5. The Labute approximate surface area is 198 Å². The van der Waals surface area contributed by atoms with Crippen LogP contribution in [0.3, 0.4) is 0 Å². The second kappa shape index (κ2) is 9.02. The van der Waals surface area contributed by atoms with Crippen molar-refractivity contribution >= 4 is 29.6 Å². The number of nitrogens with zero attached hydrogens (tertiary/aromatic N) is 2. The van der Waals surface area contributed by atoms with Crippen molar-refractivity contribution in [1.29, 1.82) is 0 Å². The molecular weight excluding hydrogens is 430 g/mol. The van der Waals surface area contributed by atoms with E-state index in [4.69, 9.17) is 4.74 Å². The van der Waals surface area contributed by atoms with Crippen LogP contribution in [0.15, 0.2) is 54.1 Å². The van der Waals surface area contributed by atoms with E-state index in [-0.39, 0.29) is 5.57 Å². The number of hydrogen-bond acceptors (Lipinski definition) is 4. The van der Waals surface area contributed by atoms with Crippen molar-refractivity contribution < 1.29 is 19.1 Å². The second-order valence-electron chi connectivity index (χ2n) is 8.27. The number of anilines is 1. The number of ether oxygens (including phenoxy) is 1. The molecule has 0 spiro atoms. The molecule has 2 aromatic carbocycles. The Morgan fingerprint density at radius 1 is 0.971 bits per heavy atom. The van der Waals surface area contributed by atoms with Gasteiger partial charge in [-0.05, 0) is 93.8 Å². The van der Waals surface area contributed by atoms with E-state index >= 15 is 0 Å². The van der Waals surface area contributed by atoms with Gasteiger partial charge in [-0.2, -0.15) is 0 Å². The van der Waals surface area contributed by atoms with Crippen LogP contribution in [-0.2, 0) is 9.59 Å². The van der Waals surface area contributed by atoms with E-state index in [9.17, 15) is 14.4 Å². The van der Waals surface area contributed by atoms with Crippen LogP contribution in [0.1, 0.15) is 35.0 Å². The lowest BCUT2D eigenvalue weighted by atomic mass is 10.0. The second-order valence-corrected chi connectivity index (χ2v) is 8.27. The zero-order valence-electron chi connectivity index (χ0n) is 19.9. The molecule has 1 fully saturated rings. The number of nitrogens with one attached hydrogen (secondary N) is 1. The Bertz CT molecular complexity index is 1330. The molecule has 7 heteroatoms. The third-order valence-corrected chi connectivity index (χ3v) is 6.09. The van der Waals surface area contributed by atoms with Gasteiger partial charge >= 0.3 is 6.03 Å². The fourth-order valence-electron chi connectivity index (χ4n) is 4.20. The van der Waals surface area contributed by atoms with Gasteiger partial charge in [-0.1, -0.05) is 12.1 Å². The van der Waals surface area contributed by atoms with Gasteiger partial charge in [0, 0.05) is 17.1 Å². The van der Waals surface area contributed by atoms with Gasteiger partial charge < -0.3 is 9.30 Å². The molecule has 3 aromatic rings. The molecule has 0 aliphatic carbocycles. The van der Waals surface area contributed by atoms with Gasteiger partial charge in [0.15, 0.2) is 0 Å². The Morgan fingerprint density at radius 2 is 1.68 bits per heavy atom. The van der Waals surface area contributed by atoms with Gasteiger partial charge in [0.1, 0.15) is 11.3 Å². The number of amides is 4. The first-order chi connectivity index (χ1) is 16.2. The Kier molecular flexibility index (Phi) is 6.11. The maximum atomic E-state index is 13.3. The smallest absolute Gasteiger partial charge is 0.335 e. The van der Waals surface area contributed by atoms with Crippen LogP contribution >= 0.6 is 0 Å². The maximum absolute atomic E-state index is 13.3. The minimum atomic E-state index is -0.749. The summed E-state index contributed by atoms with van der Waals surface area (Å²) in [6.07, 6.45) is 1.55. The fourth-order valence-corrected chi connectivity index (χ4v) is 4.20. The summed E-state index contributed by atoms with van der Waals surface area (Å²) in [6, 6.07) is 14.3. The highest BCUT2D eigenvalue weighted by Crippen LogP contribution is 2.29. The van der Waals surface area contributed by atoms with E-state index in [1.165, 1.54) is 0 Å². The summed E-state index contributed by atoms with van der Waals surface area (Å²) in [7, 11) is 0. The normalized spacial score (nSPS) is 15.1. The molecule has 7 nitrogen and oxygen atoms in total. The molecule has 0 unspecified atom stereocenters. The van der Waals surface area contributed by atoms with E-state index in [0.29, 0.717) is 12.3 Å². The lowest BCUT2D eigenvalue weighted by molar-refractivity contribution is -0.122. The molecule has 0 saturated carbocycles.